The maximum atomic E-state index is 12.1. The molecule has 2 aromatic heterocycles. The van der Waals surface area contributed by atoms with Crippen molar-refractivity contribution < 1.29 is 18.7 Å². The van der Waals surface area contributed by atoms with E-state index in [1.165, 1.54) is 0 Å². The number of amides is 1. The Labute approximate surface area is 156 Å². The summed E-state index contributed by atoms with van der Waals surface area (Å²) in [6.07, 6.45) is 1.66. The molecular weight excluding hydrogens is 350 g/mol. The number of carbonyl (C=O) groups is 2. The van der Waals surface area contributed by atoms with Gasteiger partial charge in [-0.25, -0.2) is 0 Å². The molecule has 3 rings (SSSR count). The molecule has 2 heterocycles. The lowest BCUT2D eigenvalue weighted by atomic mass is 10.0. The number of nitrogens with zero attached hydrogens (tertiary/aromatic N) is 1. The van der Waals surface area contributed by atoms with Crippen molar-refractivity contribution in [3.8, 4) is 0 Å². The first kappa shape index (κ1) is 18.2. The predicted molar refractivity (Wildman–Crippen MR) is 101 cm³/mol. The van der Waals surface area contributed by atoms with Crippen molar-refractivity contribution in [2.75, 3.05) is 13.7 Å². The van der Waals surface area contributed by atoms with Crippen LogP contribution in [0.4, 0.5) is 0 Å². The van der Waals surface area contributed by atoms with Gasteiger partial charge in [-0.05, 0) is 59.5 Å². The van der Waals surface area contributed by atoms with E-state index in [1.807, 2.05) is 42.8 Å². The normalized spacial score (nSPS) is 10.9. The Morgan fingerprint density at radius 2 is 2.00 bits per heavy atom. The smallest absolute Gasteiger partial charge is 0.310 e. The van der Waals surface area contributed by atoms with Crippen LogP contribution in [-0.2, 0) is 27.3 Å². The van der Waals surface area contributed by atoms with Crippen LogP contribution in [0.1, 0.15) is 22.3 Å². The van der Waals surface area contributed by atoms with Crippen LogP contribution in [0.25, 0.3) is 11.0 Å². The number of aryl methyl sites for hydroxylation is 2. The van der Waals surface area contributed by atoms with Gasteiger partial charge in [0.05, 0.1) is 12.7 Å². The summed E-state index contributed by atoms with van der Waals surface area (Å²) in [7, 11) is 1.70. The van der Waals surface area contributed by atoms with Gasteiger partial charge in [-0.1, -0.05) is 0 Å². The highest BCUT2D eigenvalue weighted by atomic mass is 32.1. The average molecular weight is 371 g/mol. The number of carbonyl (C=O) groups excluding carboxylic acids is 2. The van der Waals surface area contributed by atoms with Gasteiger partial charge in [0.1, 0.15) is 5.58 Å². The second kappa shape index (κ2) is 7.74. The average Bonchev–Trinajstić information content (AvgIpc) is 3.24. The molecule has 1 amide bonds. The van der Waals surface area contributed by atoms with Gasteiger partial charge in [0, 0.05) is 24.5 Å². The number of benzene rings is 1. The zero-order chi connectivity index (χ0) is 18.7. The molecule has 6 heteroatoms. The number of likely N-dealkylation sites (N-methyl/N-ethyl adjacent to an activating group) is 1. The molecule has 0 unspecified atom stereocenters. The third kappa shape index (κ3) is 4.14. The molecule has 3 aromatic rings. The summed E-state index contributed by atoms with van der Waals surface area (Å²) in [4.78, 5) is 25.8. The fourth-order valence-electron chi connectivity index (χ4n) is 2.68. The van der Waals surface area contributed by atoms with Crippen LogP contribution in [0.5, 0.6) is 0 Å². The summed E-state index contributed by atoms with van der Waals surface area (Å²) in [6, 6.07) is 5.94. The molecule has 1 aromatic carbocycles. The first-order chi connectivity index (χ1) is 12.4. The number of hydrogen-bond donors (Lipinski definition) is 0. The molecule has 0 spiro atoms. The highest BCUT2D eigenvalue weighted by molar-refractivity contribution is 7.07. The molecule has 0 fully saturated rings. The van der Waals surface area contributed by atoms with E-state index in [-0.39, 0.29) is 18.9 Å². The van der Waals surface area contributed by atoms with E-state index in [0.717, 1.165) is 33.2 Å². The summed E-state index contributed by atoms with van der Waals surface area (Å²) in [5.74, 6) is -0.670. The minimum atomic E-state index is -0.441. The van der Waals surface area contributed by atoms with Gasteiger partial charge >= 0.3 is 5.97 Å². The molecule has 26 heavy (non-hydrogen) atoms. The van der Waals surface area contributed by atoms with Crippen LogP contribution in [0.3, 0.4) is 0 Å². The van der Waals surface area contributed by atoms with E-state index in [1.54, 1.807) is 29.5 Å². The highest BCUT2D eigenvalue weighted by Crippen LogP contribution is 2.25. The molecule has 0 aliphatic rings. The fourth-order valence-corrected chi connectivity index (χ4v) is 3.34. The molecule has 0 bridgehead atoms. The van der Waals surface area contributed by atoms with Crippen molar-refractivity contribution in [3.63, 3.8) is 0 Å². The Kier molecular flexibility index (Phi) is 5.42. The lowest BCUT2D eigenvalue weighted by Crippen LogP contribution is -2.30. The molecule has 0 saturated heterocycles. The van der Waals surface area contributed by atoms with Crippen molar-refractivity contribution >= 4 is 34.2 Å². The molecule has 0 atom stereocenters. The summed E-state index contributed by atoms with van der Waals surface area (Å²) < 4.78 is 10.7. The van der Waals surface area contributed by atoms with E-state index in [0.29, 0.717) is 6.54 Å². The van der Waals surface area contributed by atoms with Gasteiger partial charge in [-0.2, -0.15) is 11.3 Å². The molecule has 5 nitrogen and oxygen atoms in total. The summed E-state index contributed by atoms with van der Waals surface area (Å²) in [6.45, 7) is 4.29. The summed E-state index contributed by atoms with van der Waals surface area (Å²) in [5.41, 5.74) is 4.86. The lowest BCUT2D eigenvalue weighted by Gasteiger charge is -2.16. The largest absolute Gasteiger partial charge is 0.464 e. The van der Waals surface area contributed by atoms with Crippen LogP contribution in [0.15, 0.2) is 39.6 Å². The van der Waals surface area contributed by atoms with Crippen LogP contribution in [0.2, 0.25) is 0 Å². The van der Waals surface area contributed by atoms with Crippen LogP contribution >= 0.6 is 11.3 Å². The van der Waals surface area contributed by atoms with Gasteiger partial charge in [0.2, 0.25) is 0 Å². The highest BCUT2D eigenvalue weighted by Gasteiger charge is 2.16. The van der Waals surface area contributed by atoms with E-state index >= 15 is 0 Å². The summed E-state index contributed by atoms with van der Waals surface area (Å²) in [5, 5.41) is 4.86. The first-order valence-electron chi connectivity index (χ1n) is 8.32. The molecular formula is C20H21NO4S. The summed E-state index contributed by atoms with van der Waals surface area (Å²) >= 11 is 1.58. The Morgan fingerprint density at radius 1 is 1.23 bits per heavy atom. The van der Waals surface area contributed by atoms with Crippen LogP contribution < -0.4 is 0 Å². The number of fused-ring (bicyclic) bond motifs is 1. The minimum Gasteiger partial charge on any atom is -0.464 e. The Balaban J connectivity index is 1.56. The fraction of sp³-hybridized carbons (Fsp3) is 0.300. The van der Waals surface area contributed by atoms with Crippen LogP contribution in [0, 0.1) is 13.8 Å². The third-order valence-corrected chi connectivity index (χ3v) is 5.12. The maximum Gasteiger partial charge on any atom is 0.310 e. The number of thiophene rings is 1. The lowest BCUT2D eigenvalue weighted by molar-refractivity contribution is -0.151. The Hall–Kier alpha value is -2.60. The molecule has 0 aliphatic heterocycles. The first-order valence-corrected chi connectivity index (χ1v) is 9.26. The van der Waals surface area contributed by atoms with Gasteiger partial charge in [-0.15, -0.1) is 0 Å². The van der Waals surface area contributed by atoms with Crippen molar-refractivity contribution in [3.05, 3.63) is 57.5 Å². The zero-order valence-electron chi connectivity index (χ0n) is 15.1. The maximum absolute atomic E-state index is 12.1. The van der Waals surface area contributed by atoms with Gasteiger partial charge in [-0.3, -0.25) is 9.59 Å². The van der Waals surface area contributed by atoms with Crippen molar-refractivity contribution in [1.82, 2.24) is 4.90 Å². The molecule has 0 N–H and O–H groups in total. The number of rotatable bonds is 6. The molecule has 0 saturated carbocycles. The van der Waals surface area contributed by atoms with E-state index in [2.05, 4.69) is 0 Å². The third-order valence-electron chi connectivity index (χ3n) is 4.39. The Morgan fingerprint density at radius 3 is 2.73 bits per heavy atom. The quantitative estimate of drug-likeness (QED) is 0.618. The topological polar surface area (TPSA) is 59.8 Å². The van der Waals surface area contributed by atoms with Gasteiger partial charge in [0.25, 0.3) is 5.91 Å². The number of esters is 1. The van der Waals surface area contributed by atoms with Crippen molar-refractivity contribution in [2.24, 2.45) is 0 Å². The van der Waals surface area contributed by atoms with Crippen molar-refractivity contribution in [1.29, 1.82) is 0 Å². The minimum absolute atomic E-state index is 0.0804. The van der Waals surface area contributed by atoms with Crippen LogP contribution in [-0.4, -0.2) is 30.4 Å². The monoisotopic (exact) mass is 371 g/mol. The zero-order valence-corrected chi connectivity index (χ0v) is 15.9. The number of hydrogen-bond acceptors (Lipinski definition) is 5. The van der Waals surface area contributed by atoms with E-state index in [4.69, 9.17) is 9.15 Å². The molecule has 0 radical (unpaired) electrons. The van der Waals surface area contributed by atoms with Gasteiger partial charge in [0.15, 0.2) is 6.61 Å². The van der Waals surface area contributed by atoms with E-state index < -0.39 is 5.97 Å². The molecule has 136 valence electrons. The standard InChI is InChI=1S/C20H21NO4S/c1-13-6-17-16(10-24-18(17)7-14(13)2)8-20(23)25-11-19(22)21(3)9-15-4-5-26-12-15/h4-7,10,12H,8-9,11H2,1-3H3. The number of furan rings is 1. The SMILES string of the molecule is Cc1cc2occ(CC(=O)OCC(=O)N(C)Cc3ccsc3)c2cc1C. The molecule has 0 aliphatic carbocycles. The predicted octanol–water partition coefficient (Wildman–Crippen LogP) is 3.86. The van der Waals surface area contributed by atoms with Crippen molar-refractivity contribution in [2.45, 2.75) is 26.8 Å². The van der Waals surface area contributed by atoms with E-state index in [9.17, 15) is 9.59 Å². The van der Waals surface area contributed by atoms with Gasteiger partial charge < -0.3 is 14.1 Å². The second-order valence-corrected chi connectivity index (χ2v) is 7.19. The Bertz CT molecular complexity index is 927. The second-order valence-electron chi connectivity index (χ2n) is 6.41. The number of ether oxygens (including phenoxy) is 1.